The van der Waals surface area contributed by atoms with E-state index < -0.39 is 17.7 Å². The molecular formula is C26H27F2N9O2. The maximum absolute atomic E-state index is 14.3. The number of nitrogen functional groups attached to an aromatic ring is 1. The van der Waals surface area contributed by atoms with Crippen LogP contribution in [0.4, 0.5) is 20.4 Å². The van der Waals surface area contributed by atoms with E-state index in [4.69, 9.17) is 10.2 Å². The van der Waals surface area contributed by atoms with Crippen LogP contribution in [0.2, 0.25) is 0 Å². The van der Waals surface area contributed by atoms with Crippen molar-refractivity contribution in [2.24, 2.45) is 5.92 Å². The fourth-order valence-corrected chi connectivity index (χ4v) is 4.98. The zero-order valence-electron chi connectivity index (χ0n) is 21.5. The summed E-state index contributed by atoms with van der Waals surface area (Å²) in [6.07, 6.45) is 3.84. The first-order chi connectivity index (χ1) is 18.8. The third kappa shape index (κ3) is 4.53. The Bertz CT molecular complexity index is 1650. The summed E-state index contributed by atoms with van der Waals surface area (Å²) in [7, 11) is 0. The normalized spacial score (nSPS) is 15.1. The number of piperazine rings is 1. The molecule has 0 aliphatic carbocycles. The van der Waals surface area contributed by atoms with Gasteiger partial charge in [-0.25, -0.2) is 13.8 Å². The number of anilines is 2. The van der Waals surface area contributed by atoms with Crippen molar-refractivity contribution in [3.05, 3.63) is 54.4 Å². The molecule has 0 radical (unpaired) electrons. The predicted molar refractivity (Wildman–Crippen MR) is 140 cm³/mol. The lowest BCUT2D eigenvalue weighted by Gasteiger charge is -2.37. The van der Waals surface area contributed by atoms with Crippen molar-refractivity contribution < 1.29 is 18.0 Å². The lowest BCUT2D eigenvalue weighted by Crippen LogP contribution is -2.51. The van der Waals surface area contributed by atoms with Crippen molar-refractivity contribution in [2.45, 2.75) is 26.3 Å². The minimum absolute atomic E-state index is 0.0857. The number of rotatable bonds is 6. The molecule has 1 amide bonds. The van der Waals surface area contributed by atoms with E-state index in [9.17, 15) is 13.6 Å². The van der Waals surface area contributed by atoms with Crippen molar-refractivity contribution in [1.82, 2.24) is 34.3 Å². The SMILES string of the molecule is CC(C)CC(C(=O)N1CCN(c2ccc(F)cc2F)CC1)n1cc2c(nc(N)n3nc(-c4ccco4)nc23)n1. The number of nitrogens with two attached hydrogens (primary N) is 1. The molecule has 1 atom stereocenters. The van der Waals surface area contributed by atoms with Crippen LogP contribution < -0.4 is 10.6 Å². The van der Waals surface area contributed by atoms with E-state index in [1.165, 1.54) is 22.9 Å². The fraction of sp³-hybridized carbons (Fsp3) is 0.346. The van der Waals surface area contributed by atoms with Gasteiger partial charge in [0.15, 0.2) is 17.1 Å². The van der Waals surface area contributed by atoms with Crippen LogP contribution in [0.25, 0.3) is 28.3 Å². The largest absolute Gasteiger partial charge is 0.461 e. The molecule has 1 saturated heterocycles. The number of benzene rings is 1. The average Bonchev–Trinajstić information content (AvgIpc) is 3.66. The van der Waals surface area contributed by atoms with Crippen LogP contribution in [0.1, 0.15) is 26.3 Å². The molecule has 1 aromatic carbocycles. The highest BCUT2D eigenvalue weighted by Gasteiger charge is 2.31. The average molecular weight is 536 g/mol. The third-order valence-corrected chi connectivity index (χ3v) is 6.88. The molecule has 13 heteroatoms. The van der Waals surface area contributed by atoms with Crippen molar-refractivity contribution in [3.63, 3.8) is 0 Å². The van der Waals surface area contributed by atoms with Crippen LogP contribution in [0.15, 0.2) is 47.2 Å². The Kier molecular flexibility index (Phi) is 6.12. The van der Waals surface area contributed by atoms with Crippen LogP contribution >= 0.6 is 0 Å². The first kappa shape index (κ1) is 24.8. The number of carbonyl (C=O) groups is 1. The predicted octanol–water partition coefficient (Wildman–Crippen LogP) is 3.53. The summed E-state index contributed by atoms with van der Waals surface area (Å²) in [5, 5.41) is 9.65. The maximum Gasteiger partial charge on any atom is 0.247 e. The van der Waals surface area contributed by atoms with Gasteiger partial charge in [0, 0.05) is 38.4 Å². The molecule has 1 unspecified atom stereocenters. The Hall–Kier alpha value is -4.55. The highest BCUT2D eigenvalue weighted by atomic mass is 19.1. The Morgan fingerprint density at radius 2 is 1.90 bits per heavy atom. The number of amides is 1. The van der Waals surface area contributed by atoms with E-state index in [-0.39, 0.29) is 17.8 Å². The zero-order chi connectivity index (χ0) is 27.3. The van der Waals surface area contributed by atoms with Gasteiger partial charge in [0.2, 0.25) is 17.7 Å². The van der Waals surface area contributed by atoms with Gasteiger partial charge in [-0.05, 0) is 36.6 Å². The van der Waals surface area contributed by atoms with Crippen LogP contribution in [0.5, 0.6) is 0 Å². The zero-order valence-corrected chi connectivity index (χ0v) is 21.5. The molecule has 5 heterocycles. The summed E-state index contributed by atoms with van der Waals surface area (Å²) in [6, 6.07) is 6.46. The minimum atomic E-state index is -0.620. The summed E-state index contributed by atoms with van der Waals surface area (Å²) in [4.78, 5) is 26.4. The molecule has 11 nitrogen and oxygen atoms in total. The Morgan fingerprint density at radius 1 is 1.10 bits per heavy atom. The van der Waals surface area contributed by atoms with E-state index in [2.05, 4.69) is 20.2 Å². The van der Waals surface area contributed by atoms with E-state index in [0.29, 0.717) is 66.6 Å². The maximum atomic E-state index is 14.3. The van der Waals surface area contributed by atoms with Gasteiger partial charge in [0.05, 0.1) is 17.3 Å². The van der Waals surface area contributed by atoms with Gasteiger partial charge < -0.3 is 20.0 Å². The number of aromatic nitrogens is 6. The first-order valence-electron chi connectivity index (χ1n) is 12.7. The highest BCUT2D eigenvalue weighted by molar-refractivity contribution is 5.90. The smallest absolute Gasteiger partial charge is 0.247 e. The van der Waals surface area contributed by atoms with Crippen LogP contribution in [0.3, 0.4) is 0 Å². The molecule has 0 bridgehead atoms. The molecule has 1 aliphatic heterocycles. The topological polar surface area (TPSA) is 124 Å². The standard InChI is InChI=1S/C26H27F2N9O2/c1-15(2)12-20(25(38)35-9-7-34(8-10-35)19-6-5-16(27)13-18(19)28)36-14-17-22(32-36)31-26(29)37-24(17)30-23(33-37)21-4-3-11-39-21/h3-6,11,13-15,20H,7-10,12H2,1-2H3,(H2,29,31,32). The molecule has 2 N–H and O–H groups in total. The van der Waals surface area contributed by atoms with E-state index in [0.717, 1.165) is 6.07 Å². The molecule has 1 fully saturated rings. The monoisotopic (exact) mass is 535 g/mol. The van der Waals surface area contributed by atoms with Crippen molar-refractivity contribution in [2.75, 3.05) is 36.8 Å². The van der Waals surface area contributed by atoms with E-state index in [1.54, 1.807) is 27.9 Å². The number of nitrogens with zero attached hydrogens (tertiary/aromatic N) is 8. The van der Waals surface area contributed by atoms with Crippen molar-refractivity contribution in [3.8, 4) is 11.6 Å². The number of halogens is 2. The quantitative estimate of drug-likeness (QED) is 0.350. The number of hydrogen-bond donors (Lipinski definition) is 1. The van der Waals surface area contributed by atoms with E-state index >= 15 is 0 Å². The molecule has 0 spiro atoms. The summed E-state index contributed by atoms with van der Waals surface area (Å²) >= 11 is 0. The van der Waals surface area contributed by atoms with Crippen LogP contribution in [0, 0.1) is 17.6 Å². The highest BCUT2D eigenvalue weighted by Crippen LogP contribution is 2.28. The third-order valence-electron chi connectivity index (χ3n) is 6.88. The molecule has 39 heavy (non-hydrogen) atoms. The van der Waals surface area contributed by atoms with Gasteiger partial charge in [-0.2, -0.15) is 14.6 Å². The van der Waals surface area contributed by atoms with Crippen LogP contribution in [-0.2, 0) is 4.79 Å². The number of furan rings is 1. The van der Waals surface area contributed by atoms with Gasteiger partial charge in [-0.15, -0.1) is 5.10 Å². The summed E-state index contributed by atoms with van der Waals surface area (Å²) in [6.45, 7) is 5.74. The second-order valence-corrected chi connectivity index (χ2v) is 10.0. The van der Waals surface area contributed by atoms with Crippen molar-refractivity contribution in [1.29, 1.82) is 0 Å². The summed E-state index contributed by atoms with van der Waals surface area (Å²) < 4.78 is 36.1. The van der Waals surface area contributed by atoms with Gasteiger partial charge in [0.25, 0.3) is 0 Å². The summed E-state index contributed by atoms with van der Waals surface area (Å²) in [5.41, 5.74) is 7.30. The lowest BCUT2D eigenvalue weighted by molar-refractivity contribution is -0.135. The second-order valence-electron chi connectivity index (χ2n) is 10.0. The van der Waals surface area contributed by atoms with Gasteiger partial charge in [0.1, 0.15) is 17.7 Å². The van der Waals surface area contributed by atoms with Gasteiger partial charge >= 0.3 is 0 Å². The molecule has 5 aromatic rings. The fourth-order valence-electron chi connectivity index (χ4n) is 4.98. The van der Waals surface area contributed by atoms with Gasteiger partial charge in [-0.1, -0.05) is 13.8 Å². The molecule has 6 rings (SSSR count). The Labute approximate surface area is 221 Å². The lowest BCUT2D eigenvalue weighted by atomic mass is 10.0. The number of carbonyl (C=O) groups excluding carboxylic acids is 1. The number of fused-ring (bicyclic) bond motifs is 3. The summed E-state index contributed by atoms with van der Waals surface area (Å²) in [5.74, 6) is -0.147. The number of hydrogen-bond acceptors (Lipinski definition) is 8. The molecule has 0 saturated carbocycles. The molecule has 1 aliphatic rings. The van der Waals surface area contributed by atoms with Crippen LogP contribution in [-0.4, -0.2) is 66.3 Å². The molecule has 202 valence electrons. The Morgan fingerprint density at radius 3 is 2.59 bits per heavy atom. The second kappa shape index (κ2) is 9.64. The van der Waals surface area contributed by atoms with Gasteiger partial charge in [-0.3, -0.25) is 9.48 Å². The first-order valence-corrected chi connectivity index (χ1v) is 12.7. The van der Waals surface area contributed by atoms with Crippen molar-refractivity contribution >= 4 is 34.2 Å². The molecule has 4 aromatic heterocycles. The minimum Gasteiger partial charge on any atom is -0.461 e. The Balaban J connectivity index is 1.29. The van der Waals surface area contributed by atoms with E-state index in [1.807, 2.05) is 18.7 Å². The molecular weight excluding hydrogens is 508 g/mol.